The van der Waals surface area contributed by atoms with Gasteiger partial charge in [-0.1, -0.05) is 25.7 Å². The maximum absolute atomic E-state index is 12.3. The number of ether oxygens (including phenoxy) is 1. The molecule has 1 heterocycles. The number of unbranched alkanes of at least 4 members (excludes halogenated alkanes) is 2. The number of nitrogens with zero attached hydrogens (tertiary/aromatic N) is 1. The lowest BCUT2D eigenvalue weighted by Crippen LogP contribution is -2.43. The number of methoxy groups -OCH3 is 1. The highest BCUT2D eigenvalue weighted by atomic mass is 16.5. The number of aliphatic carboxylic acids is 1. The Labute approximate surface area is 167 Å². The second-order valence-corrected chi connectivity index (χ2v) is 8.13. The van der Waals surface area contributed by atoms with Gasteiger partial charge in [0.05, 0.1) is 6.61 Å². The molecule has 2 aliphatic rings. The molecule has 0 aromatic heterocycles. The lowest BCUT2D eigenvalue weighted by molar-refractivity contribution is -0.151. The third-order valence-electron chi connectivity index (χ3n) is 5.87. The zero-order valence-electron chi connectivity index (χ0n) is 17.0. The monoisotopic (exact) mass is 397 g/mol. The molecule has 160 valence electrons. The van der Waals surface area contributed by atoms with E-state index in [1.54, 1.807) is 4.90 Å². The van der Waals surface area contributed by atoms with Crippen LogP contribution in [0.15, 0.2) is 0 Å². The van der Waals surface area contributed by atoms with Crippen LogP contribution in [0, 0.1) is 5.41 Å². The van der Waals surface area contributed by atoms with E-state index in [2.05, 4.69) is 10.6 Å². The molecule has 1 unspecified atom stereocenters. The largest absolute Gasteiger partial charge is 0.481 e. The summed E-state index contributed by atoms with van der Waals surface area (Å²) >= 11 is 0. The minimum atomic E-state index is -0.972. The molecule has 0 radical (unpaired) electrons. The summed E-state index contributed by atoms with van der Waals surface area (Å²) in [5.74, 6) is -0.899. The lowest BCUT2D eigenvalue weighted by atomic mass is 9.88. The quantitative estimate of drug-likeness (QED) is 0.490. The molecule has 8 nitrogen and oxygen atoms in total. The van der Waals surface area contributed by atoms with E-state index in [-0.39, 0.29) is 25.1 Å². The van der Waals surface area contributed by atoms with E-state index in [1.807, 2.05) is 0 Å². The van der Waals surface area contributed by atoms with E-state index in [0.717, 1.165) is 32.1 Å². The number of urea groups is 1. The number of nitrogens with one attached hydrogen (secondary N) is 2. The van der Waals surface area contributed by atoms with Crippen LogP contribution in [0.3, 0.4) is 0 Å². The molecular formula is C20H35N3O5. The zero-order valence-corrected chi connectivity index (χ0v) is 17.0. The van der Waals surface area contributed by atoms with Crippen molar-refractivity contribution in [3.63, 3.8) is 0 Å². The van der Waals surface area contributed by atoms with Gasteiger partial charge in [0.2, 0.25) is 5.91 Å². The van der Waals surface area contributed by atoms with Gasteiger partial charge in [0.15, 0.2) is 0 Å². The van der Waals surface area contributed by atoms with E-state index in [0.29, 0.717) is 32.0 Å². The van der Waals surface area contributed by atoms with Crippen molar-refractivity contribution in [2.24, 2.45) is 5.41 Å². The maximum Gasteiger partial charge on any atom is 0.315 e. The van der Waals surface area contributed by atoms with E-state index >= 15 is 0 Å². The molecule has 1 aliphatic carbocycles. The SMILES string of the molecule is COCC1(C(=O)O)CCN(C(=O)CCCCCNC(=O)NC2CCCCC2)C1. The van der Waals surface area contributed by atoms with Gasteiger partial charge in [0, 0.05) is 39.2 Å². The molecule has 1 atom stereocenters. The Hall–Kier alpha value is -1.83. The topological polar surface area (TPSA) is 108 Å². The number of likely N-dealkylation sites (tertiary alicyclic amines) is 1. The second kappa shape index (κ2) is 11.2. The molecule has 2 fully saturated rings. The van der Waals surface area contributed by atoms with E-state index < -0.39 is 11.4 Å². The highest BCUT2D eigenvalue weighted by Crippen LogP contribution is 2.31. The first kappa shape index (κ1) is 22.5. The molecule has 28 heavy (non-hydrogen) atoms. The average Bonchev–Trinajstić information content (AvgIpc) is 3.11. The van der Waals surface area contributed by atoms with Crippen molar-refractivity contribution in [2.45, 2.75) is 70.3 Å². The van der Waals surface area contributed by atoms with Gasteiger partial charge in [0.1, 0.15) is 5.41 Å². The van der Waals surface area contributed by atoms with Gasteiger partial charge in [-0.3, -0.25) is 9.59 Å². The number of rotatable bonds is 10. The van der Waals surface area contributed by atoms with Crippen LogP contribution in [0.25, 0.3) is 0 Å². The smallest absolute Gasteiger partial charge is 0.315 e. The van der Waals surface area contributed by atoms with Crippen LogP contribution in [-0.4, -0.2) is 67.3 Å². The van der Waals surface area contributed by atoms with Crippen molar-refractivity contribution in [1.82, 2.24) is 15.5 Å². The molecule has 1 aliphatic heterocycles. The maximum atomic E-state index is 12.3. The van der Waals surface area contributed by atoms with Crippen molar-refractivity contribution in [2.75, 3.05) is 33.4 Å². The number of carbonyl (C=O) groups excluding carboxylic acids is 2. The third kappa shape index (κ3) is 6.65. The van der Waals surface area contributed by atoms with Crippen LogP contribution in [0.5, 0.6) is 0 Å². The number of carboxylic acid groups (broad SMARTS) is 1. The van der Waals surface area contributed by atoms with Crippen LogP contribution in [-0.2, 0) is 14.3 Å². The van der Waals surface area contributed by atoms with Crippen molar-refractivity contribution in [3.05, 3.63) is 0 Å². The van der Waals surface area contributed by atoms with E-state index in [4.69, 9.17) is 4.74 Å². The van der Waals surface area contributed by atoms with Crippen molar-refractivity contribution >= 4 is 17.9 Å². The molecular weight excluding hydrogens is 362 g/mol. The highest BCUT2D eigenvalue weighted by molar-refractivity contribution is 5.80. The summed E-state index contributed by atoms with van der Waals surface area (Å²) in [6.07, 6.45) is 9.05. The summed E-state index contributed by atoms with van der Waals surface area (Å²) in [5.41, 5.74) is -0.972. The van der Waals surface area contributed by atoms with Gasteiger partial charge in [-0.15, -0.1) is 0 Å². The molecule has 0 spiro atoms. The fourth-order valence-electron chi connectivity index (χ4n) is 4.14. The minimum Gasteiger partial charge on any atom is -0.481 e. The second-order valence-electron chi connectivity index (χ2n) is 8.13. The number of carboxylic acids is 1. The normalized spacial score (nSPS) is 22.8. The average molecular weight is 398 g/mol. The van der Waals surface area contributed by atoms with E-state index in [9.17, 15) is 19.5 Å². The molecule has 0 bridgehead atoms. The van der Waals surface area contributed by atoms with Gasteiger partial charge in [0.25, 0.3) is 0 Å². The first-order valence-corrected chi connectivity index (χ1v) is 10.5. The van der Waals surface area contributed by atoms with Crippen LogP contribution in [0.2, 0.25) is 0 Å². The van der Waals surface area contributed by atoms with Gasteiger partial charge >= 0.3 is 12.0 Å². The number of carbonyl (C=O) groups is 3. The summed E-state index contributed by atoms with van der Waals surface area (Å²) in [6.45, 7) is 1.42. The lowest BCUT2D eigenvalue weighted by Gasteiger charge is -2.23. The molecule has 2 rings (SSSR count). The molecule has 3 N–H and O–H groups in total. The van der Waals surface area contributed by atoms with Crippen LogP contribution >= 0.6 is 0 Å². The first-order valence-electron chi connectivity index (χ1n) is 10.5. The predicted molar refractivity (Wildman–Crippen MR) is 105 cm³/mol. The summed E-state index contributed by atoms with van der Waals surface area (Å²) in [4.78, 5) is 37.4. The summed E-state index contributed by atoms with van der Waals surface area (Å²) in [7, 11) is 1.48. The molecule has 0 aromatic carbocycles. The van der Waals surface area contributed by atoms with Gasteiger partial charge in [-0.05, 0) is 32.1 Å². The molecule has 1 saturated carbocycles. The minimum absolute atomic E-state index is 0.00206. The fraction of sp³-hybridized carbons (Fsp3) is 0.850. The van der Waals surface area contributed by atoms with Crippen molar-refractivity contribution in [1.29, 1.82) is 0 Å². The summed E-state index contributed by atoms with van der Waals surface area (Å²) < 4.78 is 5.05. The van der Waals surface area contributed by atoms with Crippen LogP contribution in [0.4, 0.5) is 4.79 Å². The molecule has 0 aromatic rings. The molecule has 8 heteroatoms. The Kier molecular flexibility index (Phi) is 9.02. The summed E-state index contributed by atoms with van der Waals surface area (Å²) in [6, 6.07) is 0.214. The fourth-order valence-corrected chi connectivity index (χ4v) is 4.14. The highest BCUT2D eigenvalue weighted by Gasteiger charge is 2.46. The number of amides is 3. The summed E-state index contributed by atoms with van der Waals surface area (Å²) in [5, 5.41) is 15.4. The van der Waals surface area contributed by atoms with Gasteiger partial charge in [-0.2, -0.15) is 0 Å². The predicted octanol–water partition coefficient (Wildman–Crippen LogP) is 2.13. The van der Waals surface area contributed by atoms with Crippen LogP contribution in [0.1, 0.15) is 64.2 Å². The first-order chi connectivity index (χ1) is 13.5. The number of hydrogen-bond donors (Lipinski definition) is 3. The Morgan fingerprint density at radius 1 is 1.14 bits per heavy atom. The van der Waals surface area contributed by atoms with Crippen LogP contribution < -0.4 is 10.6 Å². The Bertz CT molecular complexity index is 536. The standard InChI is InChI=1S/C20H35N3O5/c1-28-15-20(18(25)26)11-13-23(14-20)17(24)10-6-3-7-12-21-19(27)22-16-8-4-2-5-9-16/h16H,2-15H2,1H3,(H,25,26)(H2,21,22,27). The van der Waals surface area contributed by atoms with Crippen molar-refractivity contribution < 1.29 is 24.2 Å². The van der Waals surface area contributed by atoms with E-state index in [1.165, 1.54) is 26.4 Å². The van der Waals surface area contributed by atoms with Gasteiger partial charge < -0.3 is 25.4 Å². The molecule has 3 amide bonds. The number of hydrogen-bond acceptors (Lipinski definition) is 4. The molecule has 1 saturated heterocycles. The Morgan fingerprint density at radius 2 is 1.89 bits per heavy atom. The third-order valence-corrected chi connectivity index (χ3v) is 5.87. The van der Waals surface area contributed by atoms with Crippen molar-refractivity contribution in [3.8, 4) is 0 Å². The Balaban J connectivity index is 1.55. The van der Waals surface area contributed by atoms with Gasteiger partial charge in [-0.25, -0.2) is 4.79 Å². The Morgan fingerprint density at radius 3 is 2.57 bits per heavy atom. The zero-order chi connectivity index (χ0) is 20.4.